The van der Waals surface area contributed by atoms with E-state index in [1.165, 1.54) is 18.4 Å². The first kappa shape index (κ1) is 18.9. The van der Waals surface area contributed by atoms with Crippen LogP contribution >= 0.6 is 0 Å². The topological polar surface area (TPSA) is 21.7 Å². The van der Waals surface area contributed by atoms with Crippen molar-refractivity contribution in [3.05, 3.63) is 35.9 Å². The van der Waals surface area contributed by atoms with E-state index >= 15 is 0 Å². The maximum absolute atomic E-state index is 6.09. The summed E-state index contributed by atoms with van der Waals surface area (Å²) in [5.41, 5.74) is 2.05. The van der Waals surface area contributed by atoms with E-state index in [4.69, 9.17) is 9.47 Å². The third kappa shape index (κ3) is 3.79. The molecule has 2 aliphatic rings. The van der Waals surface area contributed by atoms with Crippen molar-refractivity contribution in [2.45, 2.75) is 68.9 Å². The Morgan fingerprint density at radius 2 is 1.80 bits per heavy atom. The van der Waals surface area contributed by atoms with Gasteiger partial charge in [0.1, 0.15) is 0 Å². The van der Waals surface area contributed by atoms with Crippen LogP contribution in [-0.2, 0) is 14.9 Å². The molecule has 3 atom stereocenters. The number of rotatable bonds is 6. The Kier molecular flexibility index (Phi) is 5.57. The minimum atomic E-state index is 0.0320. The van der Waals surface area contributed by atoms with Crippen molar-refractivity contribution in [1.29, 1.82) is 0 Å². The molecule has 0 spiro atoms. The van der Waals surface area contributed by atoms with Crippen molar-refractivity contribution in [2.24, 2.45) is 0 Å². The van der Waals surface area contributed by atoms with Crippen molar-refractivity contribution in [2.75, 3.05) is 33.9 Å². The van der Waals surface area contributed by atoms with Crippen LogP contribution in [0.15, 0.2) is 30.3 Å². The number of piperidine rings is 2. The second-order valence-corrected chi connectivity index (χ2v) is 8.76. The first-order valence-electron chi connectivity index (χ1n) is 9.80. The molecule has 0 amide bonds. The number of hydrogen-bond donors (Lipinski definition) is 0. The molecular weight excluding hydrogens is 310 g/mol. The Bertz CT molecular complexity index is 562. The summed E-state index contributed by atoms with van der Waals surface area (Å²) < 4.78 is 11.4. The highest BCUT2D eigenvalue weighted by molar-refractivity contribution is 5.27. The maximum Gasteiger partial charge on any atom is 0.0709 e. The van der Waals surface area contributed by atoms with Crippen LogP contribution in [0.4, 0.5) is 0 Å². The molecule has 1 aromatic carbocycles. The molecule has 2 saturated heterocycles. The Morgan fingerprint density at radius 1 is 1.04 bits per heavy atom. The van der Waals surface area contributed by atoms with Gasteiger partial charge in [0, 0.05) is 44.9 Å². The molecule has 0 N–H and O–H groups in total. The molecular formula is C22H35NO2. The predicted molar refractivity (Wildman–Crippen MR) is 103 cm³/mol. The van der Waals surface area contributed by atoms with E-state index in [1.54, 1.807) is 7.11 Å². The molecule has 0 aliphatic carbocycles. The molecule has 3 heteroatoms. The average molecular weight is 346 g/mol. The van der Waals surface area contributed by atoms with Crippen molar-refractivity contribution < 1.29 is 9.47 Å². The molecule has 2 heterocycles. The van der Waals surface area contributed by atoms with Crippen LogP contribution < -0.4 is 0 Å². The van der Waals surface area contributed by atoms with Gasteiger partial charge in [-0.3, -0.25) is 4.90 Å². The highest BCUT2D eigenvalue weighted by Crippen LogP contribution is 2.48. The van der Waals surface area contributed by atoms with Crippen molar-refractivity contribution in [3.63, 3.8) is 0 Å². The normalized spacial score (nSPS) is 36.2. The minimum Gasteiger partial charge on any atom is -0.385 e. The van der Waals surface area contributed by atoms with Gasteiger partial charge >= 0.3 is 0 Å². The van der Waals surface area contributed by atoms with Gasteiger partial charge in [0.15, 0.2) is 0 Å². The molecule has 140 valence electrons. The quantitative estimate of drug-likeness (QED) is 0.713. The largest absolute Gasteiger partial charge is 0.385 e. The summed E-state index contributed by atoms with van der Waals surface area (Å²) in [6.45, 7) is 8.03. The highest BCUT2D eigenvalue weighted by Gasteiger charge is 2.51. The van der Waals surface area contributed by atoms with E-state index < -0.39 is 0 Å². The molecule has 2 aliphatic heterocycles. The lowest BCUT2D eigenvalue weighted by Crippen LogP contribution is -2.63. The molecule has 0 bridgehead atoms. The van der Waals surface area contributed by atoms with Gasteiger partial charge in [0.2, 0.25) is 0 Å². The fourth-order valence-electron chi connectivity index (χ4n) is 5.17. The second-order valence-electron chi connectivity index (χ2n) is 8.76. The van der Waals surface area contributed by atoms with Crippen LogP contribution in [0.25, 0.3) is 0 Å². The van der Waals surface area contributed by atoms with Gasteiger partial charge in [-0.05, 0) is 51.0 Å². The lowest BCUT2D eigenvalue weighted by atomic mass is 9.65. The lowest BCUT2D eigenvalue weighted by molar-refractivity contribution is -0.130. The summed E-state index contributed by atoms with van der Waals surface area (Å²) in [6, 6.07) is 11.1. The third-order valence-corrected chi connectivity index (χ3v) is 6.94. The van der Waals surface area contributed by atoms with E-state index in [0.29, 0.717) is 0 Å². The molecule has 2 fully saturated rings. The molecule has 3 rings (SSSR count). The Hall–Kier alpha value is -0.900. The smallest absolute Gasteiger partial charge is 0.0709 e. The van der Waals surface area contributed by atoms with E-state index in [9.17, 15) is 0 Å². The van der Waals surface area contributed by atoms with Crippen LogP contribution in [0.3, 0.4) is 0 Å². The van der Waals surface area contributed by atoms with E-state index in [1.807, 2.05) is 7.11 Å². The summed E-state index contributed by atoms with van der Waals surface area (Å²) in [6.07, 6.45) is 6.97. The number of nitrogens with zero attached hydrogens (tertiary/aromatic N) is 1. The number of benzene rings is 1. The number of ether oxygens (including phenoxy) is 2. The number of hydrogen-bond acceptors (Lipinski definition) is 3. The first-order chi connectivity index (χ1) is 12.0. The SMILES string of the molecule is COCCCC1(OC)CCN2CC(C)(c3ccccc3)CCC2(C)C1. The lowest BCUT2D eigenvalue weighted by Gasteiger charge is -2.58. The summed E-state index contributed by atoms with van der Waals surface area (Å²) in [5.74, 6) is 0. The monoisotopic (exact) mass is 345 g/mol. The summed E-state index contributed by atoms with van der Waals surface area (Å²) in [5, 5.41) is 0. The van der Waals surface area contributed by atoms with Crippen LogP contribution in [0.5, 0.6) is 0 Å². The molecule has 0 radical (unpaired) electrons. The zero-order valence-corrected chi connectivity index (χ0v) is 16.5. The fourth-order valence-corrected chi connectivity index (χ4v) is 5.17. The van der Waals surface area contributed by atoms with Gasteiger partial charge in [0.25, 0.3) is 0 Å². The molecule has 25 heavy (non-hydrogen) atoms. The summed E-state index contributed by atoms with van der Waals surface area (Å²) in [7, 11) is 3.69. The van der Waals surface area contributed by atoms with Gasteiger partial charge in [0.05, 0.1) is 5.60 Å². The van der Waals surface area contributed by atoms with Gasteiger partial charge in [-0.2, -0.15) is 0 Å². The van der Waals surface area contributed by atoms with Crippen molar-refractivity contribution in [1.82, 2.24) is 4.90 Å². The molecule has 1 aromatic rings. The molecule has 3 unspecified atom stereocenters. The predicted octanol–water partition coefficient (Wildman–Crippen LogP) is 4.40. The van der Waals surface area contributed by atoms with Gasteiger partial charge in [-0.25, -0.2) is 0 Å². The summed E-state index contributed by atoms with van der Waals surface area (Å²) in [4.78, 5) is 2.75. The van der Waals surface area contributed by atoms with Crippen molar-refractivity contribution in [3.8, 4) is 0 Å². The standard InChI is InChI=1S/C22H35NO2/c1-20(19-9-6-5-7-10-19)12-13-21(2)17-22(25-4,11-8-16-24-3)14-15-23(21)18-20/h5-7,9-10H,8,11-18H2,1-4H3. The number of methoxy groups -OCH3 is 2. The first-order valence-corrected chi connectivity index (χ1v) is 9.80. The Morgan fingerprint density at radius 3 is 2.48 bits per heavy atom. The van der Waals surface area contributed by atoms with Crippen LogP contribution in [0.2, 0.25) is 0 Å². The zero-order valence-electron chi connectivity index (χ0n) is 16.5. The van der Waals surface area contributed by atoms with E-state index in [2.05, 4.69) is 49.1 Å². The average Bonchev–Trinajstić information content (AvgIpc) is 2.63. The van der Waals surface area contributed by atoms with Crippen LogP contribution in [0, 0.1) is 0 Å². The van der Waals surface area contributed by atoms with Crippen molar-refractivity contribution >= 4 is 0 Å². The highest BCUT2D eigenvalue weighted by atomic mass is 16.5. The van der Waals surface area contributed by atoms with E-state index in [0.717, 1.165) is 45.4 Å². The third-order valence-electron chi connectivity index (χ3n) is 6.94. The summed E-state index contributed by atoms with van der Waals surface area (Å²) >= 11 is 0. The second kappa shape index (κ2) is 7.38. The molecule has 0 saturated carbocycles. The van der Waals surface area contributed by atoms with Gasteiger partial charge < -0.3 is 9.47 Å². The Labute approximate surface area is 153 Å². The Balaban J connectivity index is 1.72. The number of fused-ring (bicyclic) bond motifs is 1. The zero-order chi connectivity index (χ0) is 18.0. The van der Waals surface area contributed by atoms with Gasteiger partial charge in [-0.1, -0.05) is 37.3 Å². The van der Waals surface area contributed by atoms with E-state index in [-0.39, 0.29) is 16.6 Å². The van der Waals surface area contributed by atoms with Crippen LogP contribution in [0.1, 0.15) is 57.9 Å². The minimum absolute atomic E-state index is 0.0320. The fraction of sp³-hybridized carbons (Fsp3) is 0.727. The molecule has 0 aromatic heterocycles. The maximum atomic E-state index is 6.09. The van der Waals surface area contributed by atoms with Gasteiger partial charge in [-0.15, -0.1) is 0 Å². The van der Waals surface area contributed by atoms with Crippen LogP contribution in [-0.4, -0.2) is 50.0 Å². The molecule has 3 nitrogen and oxygen atoms in total.